The lowest BCUT2D eigenvalue weighted by Gasteiger charge is -2.26. The van der Waals surface area contributed by atoms with E-state index in [-0.39, 0.29) is 24.0 Å². The molecule has 6 nitrogen and oxygen atoms in total. The van der Waals surface area contributed by atoms with Gasteiger partial charge in [-0.1, -0.05) is 13.3 Å². The summed E-state index contributed by atoms with van der Waals surface area (Å²) in [5, 5.41) is 3.23. The van der Waals surface area contributed by atoms with Crippen molar-refractivity contribution in [2.24, 2.45) is 4.99 Å². The molecule has 0 aliphatic carbocycles. The molecule has 0 fully saturated rings. The maximum absolute atomic E-state index is 11.3. The summed E-state index contributed by atoms with van der Waals surface area (Å²) >= 11 is 0. The fourth-order valence-corrected chi connectivity index (χ4v) is 2.85. The molecule has 0 amide bonds. The smallest absolute Gasteiger partial charge is 0.209 e. The van der Waals surface area contributed by atoms with E-state index in [4.69, 9.17) is 0 Å². The second-order valence-corrected chi connectivity index (χ2v) is 7.45. The zero-order valence-electron chi connectivity index (χ0n) is 14.1. The SMILES string of the molecule is CCCCN(C)C(=NCC(C)(C)NS(C)(=O)=O)NCC.I. The molecule has 0 aliphatic heterocycles. The van der Waals surface area contributed by atoms with E-state index in [1.54, 1.807) is 0 Å². The lowest BCUT2D eigenvalue weighted by molar-refractivity contribution is 0.442. The van der Waals surface area contributed by atoms with Crippen LogP contribution in [0.25, 0.3) is 0 Å². The Morgan fingerprint density at radius 1 is 1.29 bits per heavy atom. The molecule has 0 aliphatic rings. The molecule has 0 radical (unpaired) electrons. The second-order valence-electron chi connectivity index (χ2n) is 5.70. The van der Waals surface area contributed by atoms with Gasteiger partial charge < -0.3 is 10.2 Å². The highest BCUT2D eigenvalue weighted by atomic mass is 127. The van der Waals surface area contributed by atoms with Crippen LogP contribution >= 0.6 is 24.0 Å². The van der Waals surface area contributed by atoms with Gasteiger partial charge in [0.1, 0.15) is 0 Å². The maximum Gasteiger partial charge on any atom is 0.209 e. The number of rotatable bonds is 8. The monoisotopic (exact) mass is 434 g/mol. The van der Waals surface area contributed by atoms with Gasteiger partial charge in [0.05, 0.1) is 12.8 Å². The van der Waals surface area contributed by atoms with E-state index in [0.29, 0.717) is 6.54 Å². The Morgan fingerprint density at radius 2 is 1.86 bits per heavy atom. The number of hydrogen-bond acceptors (Lipinski definition) is 3. The summed E-state index contributed by atoms with van der Waals surface area (Å²) in [6.45, 7) is 9.93. The lowest BCUT2D eigenvalue weighted by atomic mass is 10.1. The summed E-state index contributed by atoms with van der Waals surface area (Å²) in [6.07, 6.45) is 3.40. The van der Waals surface area contributed by atoms with Gasteiger partial charge in [-0.25, -0.2) is 13.1 Å². The van der Waals surface area contributed by atoms with E-state index in [0.717, 1.165) is 38.1 Å². The van der Waals surface area contributed by atoms with Crippen LogP contribution in [0.15, 0.2) is 4.99 Å². The summed E-state index contributed by atoms with van der Waals surface area (Å²) in [5.41, 5.74) is -0.597. The van der Waals surface area contributed by atoms with Crippen molar-refractivity contribution in [1.82, 2.24) is 14.9 Å². The standard InChI is InChI=1S/C13H30N4O2S.HI/c1-7-9-10-17(5)12(14-8-2)15-11-13(3,4)16-20(6,18)19;/h16H,7-11H2,1-6H3,(H,14,15);1H. The van der Waals surface area contributed by atoms with Crippen molar-refractivity contribution in [3.63, 3.8) is 0 Å². The average Bonchev–Trinajstić information content (AvgIpc) is 2.28. The van der Waals surface area contributed by atoms with Crippen molar-refractivity contribution in [2.75, 3.05) is 32.9 Å². The molecule has 8 heteroatoms. The molecule has 0 saturated heterocycles. The van der Waals surface area contributed by atoms with Crippen LogP contribution in [-0.2, 0) is 10.0 Å². The van der Waals surface area contributed by atoms with Crippen LogP contribution in [-0.4, -0.2) is 57.8 Å². The topological polar surface area (TPSA) is 73.8 Å². The Bertz CT molecular complexity index is 410. The molecule has 0 rings (SSSR count). The van der Waals surface area contributed by atoms with Gasteiger partial charge in [0.2, 0.25) is 10.0 Å². The maximum atomic E-state index is 11.3. The second kappa shape index (κ2) is 10.6. The van der Waals surface area contributed by atoms with Crippen LogP contribution in [0, 0.1) is 0 Å². The van der Waals surface area contributed by atoms with E-state index >= 15 is 0 Å². The van der Waals surface area contributed by atoms with Gasteiger partial charge in [0, 0.05) is 25.7 Å². The molecule has 0 heterocycles. The van der Waals surface area contributed by atoms with Crippen molar-refractivity contribution in [2.45, 2.75) is 46.1 Å². The number of nitrogens with zero attached hydrogens (tertiary/aromatic N) is 2. The van der Waals surface area contributed by atoms with Gasteiger partial charge in [0.25, 0.3) is 0 Å². The first-order chi connectivity index (χ1) is 9.11. The number of halogens is 1. The van der Waals surface area contributed by atoms with Crippen LogP contribution in [0.1, 0.15) is 40.5 Å². The first-order valence-electron chi connectivity index (χ1n) is 7.09. The van der Waals surface area contributed by atoms with E-state index < -0.39 is 15.6 Å². The third-order valence-electron chi connectivity index (χ3n) is 2.63. The van der Waals surface area contributed by atoms with Gasteiger partial charge in [-0.3, -0.25) is 4.99 Å². The van der Waals surface area contributed by atoms with Crippen molar-refractivity contribution in [3.8, 4) is 0 Å². The minimum atomic E-state index is -3.23. The molecule has 0 aromatic carbocycles. The molecule has 0 aromatic rings. The number of aliphatic imine (C=N–C) groups is 1. The molecular weight excluding hydrogens is 403 g/mol. The summed E-state index contributed by atoms with van der Waals surface area (Å²) in [6, 6.07) is 0. The highest BCUT2D eigenvalue weighted by molar-refractivity contribution is 14.0. The van der Waals surface area contributed by atoms with Crippen molar-refractivity contribution >= 4 is 40.0 Å². The van der Waals surface area contributed by atoms with Gasteiger partial charge in [-0.05, 0) is 27.2 Å². The first-order valence-corrected chi connectivity index (χ1v) is 8.99. The molecule has 2 N–H and O–H groups in total. The predicted octanol–water partition coefficient (Wildman–Crippen LogP) is 1.63. The number of hydrogen-bond donors (Lipinski definition) is 2. The summed E-state index contributed by atoms with van der Waals surface area (Å²) < 4.78 is 25.2. The quantitative estimate of drug-likeness (QED) is 0.346. The highest BCUT2D eigenvalue weighted by Crippen LogP contribution is 2.05. The van der Waals surface area contributed by atoms with Crippen molar-refractivity contribution in [1.29, 1.82) is 0 Å². The van der Waals surface area contributed by atoms with Crippen LogP contribution < -0.4 is 10.0 Å². The Balaban J connectivity index is 0. The van der Waals surface area contributed by atoms with E-state index in [2.05, 4.69) is 26.9 Å². The lowest BCUT2D eigenvalue weighted by Crippen LogP contribution is -2.47. The summed E-state index contributed by atoms with van der Waals surface area (Å²) in [4.78, 5) is 6.60. The van der Waals surface area contributed by atoms with Crippen LogP contribution in [0.2, 0.25) is 0 Å². The molecule has 21 heavy (non-hydrogen) atoms. The normalized spacial score (nSPS) is 12.8. The zero-order chi connectivity index (χ0) is 15.8. The Morgan fingerprint density at radius 3 is 2.29 bits per heavy atom. The minimum absolute atomic E-state index is 0. The molecule has 0 spiro atoms. The molecule has 0 aromatic heterocycles. The largest absolute Gasteiger partial charge is 0.357 e. The third-order valence-corrected chi connectivity index (χ3v) is 3.55. The fraction of sp³-hybridized carbons (Fsp3) is 0.923. The molecule has 128 valence electrons. The minimum Gasteiger partial charge on any atom is -0.357 e. The Labute approximate surface area is 147 Å². The van der Waals surface area contributed by atoms with E-state index in [1.165, 1.54) is 0 Å². The van der Waals surface area contributed by atoms with E-state index in [9.17, 15) is 8.42 Å². The van der Waals surface area contributed by atoms with Crippen molar-refractivity contribution < 1.29 is 8.42 Å². The zero-order valence-corrected chi connectivity index (χ0v) is 17.2. The molecular formula is C13H31IN4O2S. The molecule has 0 unspecified atom stereocenters. The highest BCUT2D eigenvalue weighted by Gasteiger charge is 2.22. The molecule has 0 saturated carbocycles. The van der Waals surface area contributed by atoms with Crippen molar-refractivity contribution in [3.05, 3.63) is 0 Å². The third kappa shape index (κ3) is 12.2. The summed E-state index contributed by atoms with van der Waals surface area (Å²) in [7, 11) is -1.24. The van der Waals surface area contributed by atoms with Gasteiger partial charge >= 0.3 is 0 Å². The van der Waals surface area contributed by atoms with Gasteiger partial charge in [-0.2, -0.15) is 0 Å². The Kier molecular flexibility index (Phi) is 11.7. The number of unbranched alkanes of at least 4 members (excludes halogenated alkanes) is 1. The molecule has 0 atom stereocenters. The number of guanidine groups is 1. The Hall–Kier alpha value is -0.0900. The van der Waals surface area contributed by atoms with Crippen LogP contribution in [0.4, 0.5) is 0 Å². The average molecular weight is 434 g/mol. The number of sulfonamides is 1. The summed E-state index contributed by atoms with van der Waals surface area (Å²) in [5.74, 6) is 0.810. The predicted molar refractivity (Wildman–Crippen MR) is 101 cm³/mol. The fourth-order valence-electron chi connectivity index (χ4n) is 1.78. The first kappa shape index (κ1) is 23.2. The number of nitrogens with one attached hydrogen (secondary N) is 2. The van der Waals surface area contributed by atoms with Crippen LogP contribution in [0.3, 0.4) is 0 Å². The van der Waals surface area contributed by atoms with Gasteiger partial charge in [-0.15, -0.1) is 24.0 Å². The van der Waals surface area contributed by atoms with Crippen LogP contribution in [0.5, 0.6) is 0 Å². The van der Waals surface area contributed by atoms with E-state index in [1.807, 2.05) is 27.8 Å². The van der Waals surface area contributed by atoms with Gasteiger partial charge in [0.15, 0.2) is 5.96 Å². The molecule has 0 bridgehead atoms.